The fraction of sp³-hybridized carbons (Fsp3) is 0.429. The summed E-state index contributed by atoms with van der Waals surface area (Å²) in [5.74, 6) is -3.19. The number of hydrogen-bond acceptors (Lipinski definition) is 4. The smallest absolute Gasteiger partial charge is 0.303 e. The van der Waals surface area contributed by atoms with Gasteiger partial charge in [0.1, 0.15) is 6.10 Å². The van der Waals surface area contributed by atoms with E-state index in [-0.39, 0.29) is 24.5 Å². The zero-order valence-corrected chi connectivity index (χ0v) is 15.7. The Bertz CT molecular complexity index is 820. The van der Waals surface area contributed by atoms with Crippen molar-refractivity contribution >= 4 is 5.97 Å². The molecule has 7 heteroatoms. The maximum absolute atomic E-state index is 14.2. The largest absolute Gasteiger partial charge is 0.491 e. The second-order valence-corrected chi connectivity index (χ2v) is 6.90. The zero-order chi connectivity index (χ0) is 20.1. The van der Waals surface area contributed by atoms with Gasteiger partial charge in [-0.05, 0) is 37.8 Å². The van der Waals surface area contributed by atoms with Gasteiger partial charge in [-0.15, -0.1) is 0 Å². The van der Waals surface area contributed by atoms with Crippen LogP contribution in [0.2, 0.25) is 0 Å². The molecular formula is C21H23F2NO4. The fourth-order valence-corrected chi connectivity index (χ4v) is 2.97. The van der Waals surface area contributed by atoms with Crippen molar-refractivity contribution in [1.82, 2.24) is 4.98 Å². The summed E-state index contributed by atoms with van der Waals surface area (Å²) >= 11 is 0. The molecule has 0 unspecified atom stereocenters. The predicted octanol–water partition coefficient (Wildman–Crippen LogP) is 5.04. The Balaban J connectivity index is 1.75. The summed E-state index contributed by atoms with van der Waals surface area (Å²) in [6.07, 6.45) is 2.40. The summed E-state index contributed by atoms with van der Waals surface area (Å²) in [7, 11) is 1.55. The number of ether oxygens (including phenoxy) is 2. The number of rotatable bonds is 9. The minimum atomic E-state index is -3.07. The molecule has 0 radical (unpaired) electrons. The Labute approximate surface area is 162 Å². The number of carboxylic acids is 1. The van der Waals surface area contributed by atoms with E-state index < -0.39 is 18.3 Å². The van der Waals surface area contributed by atoms with Crippen LogP contribution in [-0.4, -0.2) is 29.3 Å². The SMILES string of the molecule is COc1ccc(-c2ccc(C(F)(F)CCCC(=O)O)cc2)nc1OC1CCC1. The van der Waals surface area contributed by atoms with Crippen LogP contribution in [0.4, 0.5) is 8.78 Å². The van der Waals surface area contributed by atoms with Crippen molar-refractivity contribution in [1.29, 1.82) is 0 Å². The van der Waals surface area contributed by atoms with Gasteiger partial charge in [0.15, 0.2) is 5.75 Å². The van der Waals surface area contributed by atoms with Crippen LogP contribution in [0.25, 0.3) is 11.3 Å². The van der Waals surface area contributed by atoms with Crippen molar-refractivity contribution in [3.63, 3.8) is 0 Å². The number of carbonyl (C=O) groups is 1. The standard InChI is InChI=1S/C21H23F2NO4/c1-27-18-12-11-17(24-20(18)28-16-4-2-5-16)14-7-9-15(10-8-14)21(22,23)13-3-6-19(25)26/h7-12,16H,2-6,13H2,1H3,(H,25,26). The monoisotopic (exact) mass is 391 g/mol. The molecule has 1 N–H and O–H groups in total. The van der Waals surface area contributed by atoms with Gasteiger partial charge >= 0.3 is 5.97 Å². The molecular weight excluding hydrogens is 368 g/mol. The first-order chi connectivity index (χ1) is 13.4. The molecule has 1 fully saturated rings. The second kappa shape index (κ2) is 8.54. The van der Waals surface area contributed by atoms with Crippen molar-refractivity contribution in [2.75, 3.05) is 7.11 Å². The van der Waals surface area contributed by atoms with Crippen molar-refractivity contribution in [2.24, 2.45) is 0 Å². The van der Waals surface area contributed by atoms with Crippen molar-refractivity contribution in [3.8, 4) is 22.9 Å². The van der Waals surface area contributed by atoms with Gasteiger partial charge in [-0.3, -0.25) is 4.79 Å². The molecule has 0 saturated heterocycles. The third-order valence-electron chi connectivity index (χ3n) is 4.86. The molecule has 1 saturated carbocycles. The third kappa shape index (κ3) is 4.77. The first kappa shape index (κ1) is 20.0. The molecule has 0 atom stereocenters. The maximum Gasteiger partial charge on any atom is 0.303 e. The molecule has 0 bridgehead atoms. The van der Waals surface area contributed by atoms with E-state index in [2.05, 4.69) is 4.98 Å². The van der Waals surface area contributed by atoms with E-state index in [1.165, 1.54) is 12.1 Å². The van der Waals surface area contributed by atoms with Crippen LogP contribution in [0.15, 0.2) is 36.4 Å². The Morgan fingerprint density at radius 2 is 1.93 bits per heavy atom. The number of nitrogens with zero attached hydrogens (tertiary/aromatic N) is 1. The maximum atomic E-state index is 14.2. The second-order valence-electron chi connectivity index (χ2n) is 6.90. The molecule has 5 nitrogen and oxygen atoms in total. The fourth-order valence-electron chi connectivity index (χ4n) is 2.97. The highest BCUT2D eigenvalue weighted by Gasteiger charge is 2.31. The molecule has 0 spiro atoms. The lowest BCUT2D eigenvalue weighted by atomic mass is 9.96. The summed E-state index contributed by atoms with van der Waals surface area (Å²) in [5, 5.41) is 8.61. The van der Waals surface area contributed by atoms with Crippen LogP contribution in [0.3, 0.4) is 0 Å². The topological polar surface area (TPSA) is 68.7 Å². The van der Waals surface area contributed by atoms with Crippen molar-refractivity contribution < 1.29 is 28.2 Å². The van der Waals surface area contributed by atoms with Gasteiger partial charge in [0.25, 0.3) is 11.8 Å². The van der Waals surface area contributed by atoms with Crippen molar-refractivity contribution in [2.45, 2.75) is 50.6 Å². The molecule has 2 aromatic rings. The molecule has 150 valence electrons. The number of alkyl halides is 2. The lowest BCUT2D eigenvalue weighted by molar-refractivity contribution is -0.137. The van der Waals surface area contributed by atoms with Crippen LogP contribution < -0.4 is 9.47 Å². The Hall–Kier alpha value is -2.70. The molecule has 0 amide bonds. The first-order valence-electron chi connectivity index (χ1n) is 9.31. The quantitative estimate of drug-likeness (QED) is 0.649. The summed E-state index contributed by atoms with van der Waals surface area (Å²) in [6.45, 7) is 0. The van der Waals surface area contributed by atoms with Crippen LogP contribution in [0.1, 0.15) is 44.1 Å². The number of carboxylic acid groups (broad SMARTS) is 1. The van der Waals surface area contributed by atoms with Crippen LogP contribution >= 0.6 is 0 Å². The Kier molecular flexibility index (Phi) is 6.11. The average Bonchev–Trinajstić information content (AvgIpc) is 2.64. The normalized spacial score (nSPS) is 14.4. The van der Waals surface area contributed by atoms with Crippen LogP contribution in [-0.2, 0) is 10.7 Å². The Morgan fingerprint density at radius 3 is 2.50 bits per heavy atom. The van der Waals surface area contributed by atoms with E-state index >= 15 is 0 Å². The zero-order valence-electron chi connectivity index (χ0n) is 15.7. The molecule has 1 heterocycles. The molecule has 0 aliphatic heterocycles. The summed E-state index contributed by atoms with van der Waals surface area (Å²) in [6, 6.07) is 9.39. The van der Waals surface area contributed by atoms with Crippen LogP contribution in [0, 0.1) is 0 Å². The minimum absolute atomic E-state index is 0.0774. The van der Waals surface area contributed by atoms with E-state index in [0.29, 0.717) is 22.9 Å². The van der Waals surface area contributed by atoms with Gasteiger partial charge in [-0.2, -0.15) is 0 Å². The van der Waals surface area contributed by atoms with Gasteiger partial charge in [0.2, 0.25) is 0 Å². The van der Waals surface area contributed by atoms with Gasteiger partial charge in [-0.25, -0.2) is 13.8 Å². The third-order valence-corrected chi connectivity index (χ3v) is 4.86. The number of methoxy groups -OCH3 is 1. The summed E-state index contributed by atoms with van der Waals surface area (Å²) in [5.41, 5.74) is 1.16. The number of aromatic nitrogens is 1. The predicted molar refractivity (Wildman–Crippen MR) is 99.9 cm³/mol. The van der Waals surface area contributed by atoms with E-state index in [1.54, 1.807) is 31.4 Å². The lowest BCUT2D eigenvalue weighted by Gasteiger charge is -2.26. The van der Waals surface area contributed by atoms with Gasteiger partial charge in [-0.1, -0.05) is 24.3 Å². The molecule has 28 heavy (non-hydrogen) atoms. The number of hydrogen-bond donors (Lipinski definition) is 1. The van der Waals surface area contributed by atoms with E-state index in [4.69, 9.17) is 14.6 Å². The van der Waals surface area contributed by atoms with Crippen molar-refractivity contribution in [3.05, 3.63) is 42.0 Å². The molecule has 1 aromatic carbocycles. The highest BCUT2D eigenvalue weighted by atomic mass is 19.3. The molecule has 1 aliphatic carbocycles. The molecule has 3 rings (SSSR count). The lowest BCUT2D eigenvalue weighted by Crippen LogP contribution is -2.25. The average molecular weight is 391 g/mol. The first-order valence-corrected chi connectivity index (χ1v) is 9.31. The van der Waals surface area contributed by atoms with E-state index in [0.717, 1.165) is 19.3 Å². The van der Waals surface area contributed by atoms with Gasteiger partial charge in [0, 0.05) is 24.0 Å². The Morgan fingerprint density at radius 1 is 1.21 bits per heavy atom. The van der Waals surface area contributed by atoms with E-state index in [1.807, 2.05) is 0 Å². The number of halogens is 2. The number of aliphatic carboxylic acids is 1. The summed E-state index contributed by atoms with van der Waals surface area (Å²) < 4.78 is 39.7. The van der Waals surface area contributed by atoms with Gasteiger partial charge in [0.05, 0.1) is 12.8 Å². The number of pyridine rings is 1. The highest BCUT2D eigenvalue weighted by Crippen LogP contribution is 2.36. The van der Waals surface area contributed by atoms with Crippen LogP contribution in [0.5, 0.6) is 11.6 Å². The minimum Gasteiger partial charge on any atom is -0.491 e. The number of benzene rings is 1. The molecule has 1 aromatic heterocycles. The summed E-state index contributed by atoms with van der Waals surface area (Å²) in [4.78, 5) is 15.0. The van der Waals surface area contributed by atoms with Gasteiger partial charge < -0.3 is 14.6 Å². The highest BCUT2D eigenvalue weighted by molar-refractivity contribution is 5.66. The molecule has 1 aliphatic rings. The van der Waals surface area contributed by atoms with E-state index in [9.17, 15) is 13.6 Å².